The number of rotatable bonds is 4. The van der Waals surface area contributed by atoms with Crippen molar-refractivity contribution in [3.05, 3.63) is 29.3 Å². The number of ether oxygens (including phenoxy) is 1. The van der Waals surface area contributed by atoms with Crippen LogP contribution in [0.25, 0.3) is 0 Å². The monoisotopic (exact) mass is 308 g/mol. The molecule has 21 heavy (non-hydrogen) atoms. The van der Waals surface area contributed by atoms with Gasteiger partial charge in [0.1, 0.15) is 0 Å². The molecule has 0 atom stereocenters. The maximum absolute atomic E-state index is 12.5. The number of nitrogens with one attached hydrogen (secondary N) is 1. The molecule has 5 nitrogen and oxygen atoms in total. The zero-order chi connectivity index (χ0) is 15.5. The van der Waals surface area contributed by atoms with Gasteiger partial charge in [-0.3, -0.25) is 0 Å². The Kier molecular flexibility index (Phi) is 5.01. The van der Waals surface area contributed by atoms with E-state index in [0.717, 1.165) is 5.56 Å². The van der Waals surface area contributed by atoms with Gasteiger partial charge in [0, 0.05) is 18.7 Å². The van der Waals surface area contributed by atoms with Gasteiger partial charge in [-0.25, -0.2) is 13.1 Å². The summed E-state index contributed by atoms with van der Waals surface area (Å²) in [5, 5.41) is 0. The number of hydrogen-bond donors (Lipinski definition) is 2. The summed E-state index contributed by atoms with van der Waals surface area (Å²) in [4.78, 5) is 0.204. The van der Waals surface area contributed by atoms with Crippen LogP contribution in [0.5, 0.6) is 0 Å². The standard InChI is InChI=1S/C15H20N2O3S/c1-11-5-6-15(12(8-11)4-3-7-16)21(18,19)17-13-9-14(10-13)20-2/h5-6,8,13-14,17H,7,9-10,16H2,1-2H3. The maximum atomic E-state index is 12.5. The van der Waals surface area contributed by atoms with Crippen LogP contribution in [0, 0.1) is 18.8 Å². The minimum atomic E-state index is -3.58. The summed E-state index contributed by atoms with van der Waals surface area (Å²) in [6.45, 7) is 2.09. The zero-order valence-electron chi connectivity index (χ0n) is 12.2. The Morgan fingerprint density at radius 3 is 2.76 bits per heavy atom. The Balaban J connectivity index is 2.23. The average molecular weight is 308 g/mol. The fraction of sp³-hybridized carbons (Fsp3) is 0.467. The van der Waals surface area contributed by atoms with Gasteiger partial charge in [0.05, 0.1) is 17.5 Å². The van der Waals surface area contributed by atoms with Crippen molar-refractivity contribution in [3.63, 3.8) is 0 Å². The molecule has 0 saturated heterocycles. The summed E-state index contributed by atoms with van der Waals surface area (Å²) in [6.07, 6.45) is 1.55. The van der Waals surface area contributed by atoms with Gasteiger partial charge >= 0.3 is 0 Å². The molecular weight excluding hydrogens is 288 g/mol. The van der Waals surface area contributed by atoms with Gasteiger partial charge in [0.2, 0.25) is 10.0 Å². The second kappa shape index (κ2) is 6.58. The largest absolute Gasteiger partial charge is 0.381 e. The smallest absolute Gasteiger partial charge is 0.242 e. The molecule has 0 aliphatic heterocycles. The predicted octanol–water partition coefficient (Wildman–Crippen LogP) is 0.761. The van der Waals surface area contributed by atoms with Crippen LogP contribution in [0.4, 0.5) is 0 Å². The SMILES string of the molecule is COC1CC(NS(=O)(=O)c2ccc(C)cc2C#CCN)C1. The van der Waals surface area contributed by atoms with Crippen molar-refractivity contribution in [2.75, 3.05) is 13.7 Å². The van der Waals surface area contributed by atoms with Crippen LogP contribution >= 0.6 is 0 Å². The molecule has 114 valence electrons. The molecule has 0 heterocycles. The number of aryl methyl sites for hydroxylation is 1. The van der Waals surface area contributed by atoms with Crippen molar-refractivity contribution < 1.29 is 13.2 Å². The number of methoxy groups -OCH3 is 1. The van der Waals surface area contributed by atoms with Crippen LogP contribution < -0.4 is 10.5 Å². The van der Waals surface area contributed by atoms with Gasteiger partial charge in [-0.05, 0) is 37.5 Å². The highest BCUT2D eigenvalue weighted by atomic mass is 32.2. The topological polar surface area (TPSA) is 81.4 Å². The normalized spacial score (nSPS) is 21.3. The molecule has 1 fully saturated rings. The first-order chi connectivity index (χ1) is 9.96. The van der Waals surface area contributed by atoms with Crippen molar-refractivity contribution in [2.24, 2.45) is 5.73 Å². The third kappa shape index (κ3) is 3.83. The van der Waals surface area contributed by atoms with Crippen LogP contribution in [0.3, 0.4) is 0 Å². The molecule has 6 heteroatoms. The zero-order valence-corrected chi connectivity index (χ0v) is 13.0. The summed E-state index contributed by atoms with van der Waals surface area (Å²) in [5.41, 5.74) is 6.80. The molecule has 0 unspecified atom stereocenters. The van der Waals surface area contributed by atoms with E-state index in [4.69, 9.17) is 10.5 Å². The molecule has 1 aromatic carbocycles. The highest BCUT2D eigenvalue weighted by molar-refractivity contribution is 7.89. The third-order valence-electron chi connectivity index (χ3n) is 3.50. The third-order valence-corrected chi connectivity index (χ3v) is 5.08. The quantitative estimate of drug-likeness (QED) is 0.805. The Morgan fingerprint density at radius 2 is 2.14 bits per heavy atom. The number of benzene rings is 1. The van der Waals surface area contributed by atoms with Crippen molar-refractivity contribution in [3.8, 4) is 11.8 Å². The molecule has 0 bridgehead atoms. The molecule has 1 aromatic rings. The molecule has 0 spiro atoms. The summed E-state index contributed by atoms with van der Waals surface area (Å²) in [7, 11) is -1.94. The second-order valence-electron chi connectivity index (χ2n) is 5.15. The van der Waals surface area contributed by atoms with E-state index in [2.05, 4.69) is 16.6 Å². The molecule has 2 rings (SSSR count). The van der Waals surface area contributed by atoms with Gasteiger partial charge in [0.25, 0.3) is 0 Å². The molecule has 1 aliphatic carbocycles. The number of sulfonamides is 1. The van der Waals surface area contributed by atoms with Crippen molar-refractivity contribution in [1.82, 2.24) is 4.72 Å². The molecule has 3 N–H and O–H groups in total. The fourth-order valence-electron chi connectivity index (χ4n) is 2.26. The molecule has 0 aromatic heterocycles. The van der Waals surface area contributed by atoms with Crippen LogP contribution in [0.2, 0.25) is 0 Å². The molecule has 1 saturated carbocycles. The minimum Gasteiger partial charge on any atom is -0.381 e. The molecule has 0 radical (unpaired) electrons. The van der Waals surface area contributed by atoms with Crippen LogP contribution in [-0.4, -0.2) is 34.2 Å². The van der Waals surface area contributed by atoms with E-state index in [1.807, 2.05) is 6.92 Å². The van der Waals surface area contributed by atoms with E-state index < -0.39 is 10.0 Å². The predicted molar refractivity (Wildman–Crippen MR) is 81.3 cm³/mol. The first-order valence-electron chi connectivity index (χ1n) is 6.81. The second-order valence-corrected chi connectivity index (χ2v) is 6.84. The van der Waals surface area contributed by atoms with Crippen molar-refractivity contribution >= 4 is 10.0 Å². The Bertz CT molecular complexity index is 668. The minimum absolute atomic E-state index is 0.0726. The van der Waals surface area contributed by atoms with Crippen LogP contribution in [0.15, 0.2) is 23.1 Å². The Labute approximate surface area is 125 Å². The number of hydrogen-bond acceptors (Lipinski definition) is 4. The van der Waals surface area contributed by atoms with Gasteiger partial charge in [-0.1, -0.05) is 17.9 Å². The fourth-order valence-corrected chi connectivity index (χ4v) is 3.66. The highest BCUT2D eigenvalue weighted by Crippen LogP contribution is 2.25. The summed E-state index contributed by atoms with van der Waals surface area (Å²) >= 11 is 0. The van der Waals surface area contributed by atoms with Gasteiger partial charge in [0.15, 0.2) is 0 Å². The van der Waals surface area contributed by atoms with E-state index in [9.17, 15) is 8.42 Å². The molecular formula is C15H20N2O3S. The Hall–Kier alpha value is -1.39. The lowest BCUT2D eigenvalue weighted by Crippen LogP contribution is -2.47. The lowest BCUT2D eigenvalue weighted by molar-refractivity contribution is 0.0236. The number of nitrogens with two attached hydrogens (primary N) is 1. The maximum Gasteiger partial charge on any atom is 0.242 e. The van der Waals surface area contributed by atoms with Gasteiger partial charge < -0.3 is 10.5 Å². The van der Waals surface area contributed by atoms with E-state index in [1.165, 1.54) is 0 Å². The molecule has 1 aliphatic rings. The average Bonchev–Trinajstić information content (AvgIpc) is 2.39. The van der Waals surface area contributed by atoms with E-state index in [0.29, 0.717) is 18.4 Å². The first kappa shape index (κ1) is 16.0. The summed E-state index contributed by atoms with van der Waals surface area (Å²) < 4.78 is 32.8. The van der Waals surface area contributed by atoms with Gasteiger partial charge in [-0.15, -0.1) is 0 Å². The van der Waals surface area contributed by atoms with E-state index in [-0.39, 0.29) is 23.6 Å². The molecule has 0 amide bonds. The van der Waals surface area contributed by atoms with Crippen LogP contribution in [-0.2, 0) is 14.8 Å². The van der Waals surface area contributed by atoms with Crippen molar-refractivity contribution in [1.29, 1.82) is 0 Å². The highest BCUT2D eigenvalue weighted by Gasteiger charge is 2.33. The van der Waals surface area contributed by atoms with Gasteiger partial charge in [-0.2, -0.15) is 0 Å². The Morgan fingerprint density at radius 1 is 1.43 bits per heavy atom. The first-order valence-corrected chi connectivity index (χ1v) is 8.29. The lowest BCUT2D eigenvalue weighted by Gasteiger charge is -2.34. The van der Waals surface area contributed by atoms with E-state index >= 15 is 0 Å². The summed E-state index contributed by atoms with van der Waals surface area (Å²) in [6, 6.07) is 5.04. The van der Waals surface area contributed by atoms with Crippen molar-refractivity contribution in [2.45, 2.75) is 36.8 Å². The van der Waals surface area contributed by atoms with E-state index in [1.54, 1.807) is 25.3 Å². The van der Waals surface area contributed by atoms with Crippen LogP contribution in [0.1, 0.15) is 24.0 Å². The lowest BCUT2D eigenvalue weighted by atomic mass is 9.90. The summed E-state index contributed by atoms with van der Waals surface area (Å²) in [5.74, 6) is 5.54.